The number of anilines is 2. The Labute approximate surface area is 194 Å². The van der Waals surface area contributed by atoms with Gasteiger partial charge in [0.2, 0.25) is 15.9 Å². The molecule has 1 amide bonds. The van der Waals surface area contributed by atoms with E-state index in [0.717, 1.165) is 59.0 Å². The molecule has 2 aromatic rings. The van der Waals surface area contributed by atoms with E-state index in [1.165, 1.54) is 19.8 Å². The fraction of sp³-hybridized carbons (Fsp3) is 0.458. The Balaban J connectivity index is 1.71. The molecule has 1 N–H and O–H groups in total. The van der Waals surface area contributed by atoms with E-state index < -0.39 is 33.6 Å². The zero-order valence-electron chi connectivity index (χ0n) is 19.4. The predicted octanol–water partition coefficient (Wildman–Crippen LogP) is 4.23. The summed E-state index contributed by atoms with van der Waals surface area (Å²) in [5.41, 5.74) is 1.90. The van der Waals surface area contributed by atoms with Crippen LogP contribution >= 0.6 is 0 Å². The molecule has 0 aliphatic carbocycles. The fourth-order valence-corrected chi connectivity index (χ4v) is 5.26. The maximum atomic E-state index is 13.7. The van der Waals surface area contributed by atoms with E-state index in [2.05, 4.69) is 17.1 Å². The van der Waals surface area contributed by atoms with E-state index in [1.807, 2.05) is 31.2 Å². The summed E-state index contributed by atoms with van der Waals surface area (Å²) in [6.07, 6.45) is 3.25. The van der Waals surface area contributed by atoms with Gasteiger partial charge in [0.15, 0.2) is 11.6 Å². The van der Waals surface area contributed by atoms with Crippen LogP contribution < -0.4 is 14.5 Å². The fourth-order valence-electron chi connectivity index (χ4n) is 4.09. The van der Waals surface area contributed by atoms with Crippen molar-refractivity contribution in [3.05, 3.63) is 59.7 Å². The van der Waals surface area contributed by atoms with Gasteiger partial charge in [-0.25, -0.2) is 17.2 Å². The molecule has 180 valence electrons. The number of nitrogens with zero attached hydrogens (tertiary/aromatic N) is 2. The molecule has 0 radical (unpaired) electrons. The van der Waals surface area contributed by atoms with Gasteiger partial charge in [-0.05, 0) is 62.4 Å². The summed E-state index contributed by atoms with van der Waals surface area (Å²) < 4.78 is 52.5. The molecule has 33 heavy (non-hydrogen) atoms. The number of benzene rings is 2. The van der Waals surface area contributed by atoms with Gasteiger partial charge in [-0.2, -0.15) is 0 Å². The summed E-state index contributed by atoms with van der Waals surface area (Å²) in [5, 5.41) is 2.82. The molecule has 9 heteroatoms. The Kier molecular flexibility index (Phi) is 7.62. The molecule has 3 rings (SSSR count). The maximum absolute atomic E-state index is 13.7. The molecule has 6 nitrogen and oxygen atoms in total. The average molecular weight is 480 g/mol. The van der Waals surface area contributed by atoms with Gasteiger partial charge in [0.25, 0.3) is 0 Å². The molecule has 1 fully saturated rings. The van der Waals surface area contributed by atoms with Crippen molar-refractivity contribution in [1.82, 2.24) is 5.32 Å². The predicted molar refractivity (Wildman–Crippen MR) is 127 cm³/mol. The van der Waals surface area contributed by atoms with Crippen molar-refractivity contribution < 1.29 is 22.0 Å². The van der Waals surface area contributed by atoms with Crippen LogP contribution in [0.4, 0.5) is 20.2 Å². The first-order chi connectivity index (χ1) is 15.5. The van der Waals surface area contributed by atoms with E-state index in [-0.39, 0.29) is 11.7 Å². The molecular formula is C24H31F2N3O3S. The van der Waals surface area contributed by atoms with Gasteiger partial charge in [-0.1, -0.05) is 19.1 Å². The van der Waals surface area contributed by atoms with Crippen LogP contribution in [0.2, 0.25) is 0 Å². The lowest BCUT2D eigenvalue weighted by atomic mass is 9.98. The molecule has 0 bridgehead atoms. The lowest BCUT2D eigenvalue weighted by Gasteiger charge is -2.32. The van der Waals surface area contributed by atoms with E-state index in [0.29, 0.717) is 0 Å². The summed E-state index contributed by atoms with van der Waals surface area (Å²) in [5.74, 6) is -2.09. The topological polar surface area (TPSA) is 69.7 Å². The summed E-state index contributed by atoms with van der Waals surface area (Å²) in [6.45, 7) is 7.53. The van der Waals surface area contributed by atoms with Crippen LogP contribution in [0.1, 0.15) is 45.2 Å². The average Bonchev–Trinajstić information content (AvgIpc) is 2.76. The number of amides is 1. The molecule has 0 saturated carbocycles. The van der Waals surface area contributed by atoms with Crippen molar-refractivity contribution >= 4 is 27.3 Å². The highest BCUT2D eigenvalue weighted by atomic mass is 32.2. The summed E-state index contributed by atoms with van der Waals surface area (Å²) >= 11 is 0. The molecule has 0 aromatic heterocycles. The van der Waals surface area contributed by atoms with Crippen LogP contribution in [-0.4, -0.2) is 39.7 Å². The molecule has 0 spiro atoms. The Morgan fingerprint density at radius 1 is 1.06 bits per heavy atom. The number of hydrogen-bond donors (Lipinski definition) is 1. The van der Waals surface area contributed by atoms with E-state index in [4.69, 9.17) is 0 Å². The highest BCUT2D eigenvalue weighted by Gasteiger charge is 2.30. The van der Waals surface area contributed by atoms with E-state index in [9.17, 15) is 22.0 Å². The minimum Gasteiger partial charge on any atom is -0.372 e. The summed E-state index contributed by atoms with van der Waals surface area (Å²) in [6, 6.07) is 9.16. The van der Waals surface area contributed by atoms with E-state index in [1.54, 1.807) is 0 Å². The number of carbonyl (C=O) groups excluding carboxylic acids is 1. The highest BCUT2D eigenvalue weighted by molar-refractivity contribution is 7.92. The monoisotopic (exact) mass is 479 g/mol. The Morgan fingerprint density at radius 2 is 1.67 bits per heavy atom. The van der Waals surface area contributed by atoms with Crippen molar-refractivity contribution in [2.45, 2.75) is 45.7 Å². The zero-order chi connectivity index (χ0) is 24.3. The van der Waals surface area contributed by atoms with Crippen LogP contribution in [-0.2, 0) is 14.8 Å². The van der Waals surface area contributed by atoms with Crippen LogP contribution in [0.15, 0.2) is 42.5 Å². The molecule has 1 aliphatic heterocycles. The van der Waals surface area contributed by atoms with Crippen LogP contribution in [0, 0.1) is 17.6 Å². The molecule has 1 saturated heterocycles. The summed E-state index contributed by atoms with van der Waals surface area (Å²) in [4.78, 5) is 15.2. The van der Waals surface area contributed by atoms with Gasteiger partial charge in [0.05, 0.1) is 18.0 Å². The number of carbonyl (C=O) groups is 1. The minimum atomic E-state index is -3.94. The second-order valence-electron chi connectivity index (χ2n) is 8.82. The van der Waals surface area contributed by atoms with Crippen LogP contribution in [0.25, 0.3) is 0 Å². The van der Waals surface area contributed by atoms with Gasteiger partial charge < -0.3 is 10.2 Å². The third-order valence-corrected chi connectivity index (χ3v) is 7.39. The van der Waals surface area contributed by atoms with Gasteiger partial charge in [-0.3, -0.25) is 9.10 Å². The molecule has 2 aromatic carbocycles. The maximum Gasteiger partial charge on any atom is 0.244 e. The van der Waals surface area contributed by atoms with Crippen molar-refractivity contribution in [3.8, 4) is 0 Å². The first-order valence-corrected chi connectivity index (χ1v) is 12.9. The third kappa shape index (κ3) is 6.01. The molecular weight excluding hydrogens is 448 g/mol. The van der Waals surface area contributed by atoms with Crippen LogP contribution in [0.3, 0.4) is 0 Å². The van der Waals surface area contributed by atoms with Crippen molar-refractivity contribution in [1.29, 1.82) is 0 Å². The molecule has 1 heterocycles. The number of piperidine rings is 1. The molecule has 2 atom stereocenters. The van der Waals surface area contributed by atoms with Gasteiger partial charge in [0, 0.05) is 24.8 Å². The Bertz CT molecular complexity index is 1080. The first kappa shape index (κ1) is 25.0. The second-order valence-corrected chi connectivity index (χ2v) is 10.7. The Morgan fingerprint density at radius 3 is 2.21 bits per heavy atom. The third-order valence-electron chi connectivity index (χ3n) is 6.15. The van der Waals surface area contributed by atoms with Gasteiger partial charge in [0.1, 0.15) is 6.04 Å². The smallest absolute Gasteiger partial charge is 0.244 e. The standard InChI is InChI=1S/C24H31F2N3O3S/c1-16-11-13-28(14-12-16)20-7-5-19(6-8-20)17(2)27-24(30)18(3)29(33(4,31)32)21-9-10-22(25)23(26)15-21/h5-10,15-18H,11-14H2,1-4H3,(H,27,30)/t17-,18-/m1/s1. The lowest BCUT2D eigenvalue weighted by molar-refractivity contribution is -0.122. The van der Waals surface area contributed by atoms with Gasteiger partial charge in [-0.15, -0.1) is 0 Å². The highest BCUT2D eigenvalue weighted by Crippen LogP contribution is 2.26. The minimum absolute atomic E-state index is 0.119. The Hall–Kier alpha value is -2.68. The van der Waals surface area contributed by atoms with E-state index >= 15 is 0 Å². The molecule has 1 aliphatic rings. The largest absolute Gasteiger partial charge is 0.372 e. The number of nitrogens with one attached hydrogen (secondary N) is 1. The lowest BCUT2D eigenvalue weighted by Crippen LogP contribution is -2.48. The van der Waals surface area contributed by atoms with Crippen molar-refractivity contribution in [3.63, 3.8) is 0 Å². The number of hydrogen-bond acceptors (Lipinski definition) is 4. The number of rotatable bonds is 7. The second kappa shape index (κ2) is 10.1. The zero-order valence-corrected chi connectivity index (χ0v) is 20.2. The summed E-state index contributed by atoms with van der Waals surface area (Å²) in [7, 11) is -3.94. The number of halogens is 2. The van der Waals surface area contributed by atoms with Crippen LogP contribution in [0.5, 0.6) is 0 Å². The quantitative estimate of drug-likeness (QED) is 0.645. The first-order valence-electron chi connectivity index (χ1n) is 11.1. The normalized spacial score (nSPS) is 16.8. The number of sulfonamides is 1. The van der Waals surface area contributed by atoms with Gasteiger partial charge >= 0.3 is 0 Å². The van der Waals surface area contributed by atoms with Crippen molar-refractivity contribution in [2.75, 3.05) is 28.6 Å². The SMILES string of the molecule is CC1CCN(c2ccc([C@@H](C)NC(=O)[C@@H](C)N(c3ccc(F)c(F)c3)S(C)(=O)=O)cc2)CC1. The van der Waals surface area contributed by atoms with Crippen molar-refractivity contribution in [2.24, 2.45) is 5.92 Å². The molecule has 0 unspecified atom stereocenters.